The summed E-state index contributed by atoms with van der Waals surface area (Å²) in [5.41, 5.74) is 2.46. The standard InChI is InChI=1S/C20H23ClN2O3S/c1-14-6-9-16(10-7-14)27(25,26)23-12-4-3-5-19(23)20(24)22-18-11-8-15(2)13-17(18)21/h6-11,13,19H,3-5,12H2,1-2H3,(H,22,24)/t19-/m1/s1. The highest BCUT2D eigenvalue weighted by molar-refractivity contribution is 7.89. The van der Waals surface area contributed by atoms with E-state index in [0.29, 0.717) is 23.7 Å². The van der Waals surface area contributed by atoms with Crippen molar-refractivity contribution in [3.05, 3.63) is 58.6 Å². The van der Waals surface area contributed by atoms with E-state index in [-0.39, 0.29) is 10.8 Å². The summed E-state index contributed by atoms with van der Waals surface area (Å²) in [4.78, 5) is 13.1. The van der Waals surface area contributed by atoms with Gasteiger partial charge in [0.15, 0.2) is 0 Å². The van der Waals surface area contributed by atoms with Gasteiger partial charge in [0.2, 0.25) is 15.9 Å². The Labute approximate surface area is 165 Å². The molecule has 2 aromatic carbocycles. The molecular weight excluding hydrogens is 384 g/mol. The van der Waals surface area contributed by atoms with Crippen molar-refractivity contribution >= 4 is 33.2 Å². The maximum absolute atomic E-state index is 13.1. The molecular formula is C20H23ClN2O3S. The van der Waals surface area contributed by atoms with Gasteiger partial charge >= 0.3 is 0 Å². The molecule has 144 valence electrons. The van der Waals surface area contributed by atoms with Crippen LogP contribution in [0.25, 0.3) is 0 Å². The summed E-state index contributed by atoms with van der Waals surface area (Å²) in [6.07, 6.45) is 2.03. The highest BCUT2D eigenvalue weighted by Crippen LogP contribution is 2.28. The number of amides is 1. The second-order valence-electron chi connectivity index (χ2n) is 6.91. The summed E-state index contributed by atoms with van der Waals surface area (Å²) in [6, 6.07) is 11.3. The van der Waals surface area contributed by atoms with Crippen LogP contribution in [0.15, 0.2) is 47.4 Å². The number of nitrogens with one attached hydrogen (secondary N) is 1. The first-order valence-corrected chi connectivity index (χ1v) is 10.8. The molecule has 5 nitrogen and oxygen atoms in total. The molecule has 0 bridgehead atoms. The fourth-order valence-electron chi connectivity index (χ4n) is 3.24. The lowest BCUT2D eigenvalue weighted by Gasteiger charge is -2.33. The smallest absolute Gasteiger partial charge is 0.243 e. The van der Waals surface area contributed by atoms with Crippen molar-refractivity contribution < 1.29 is 13.2 Å². The molecule has 0 aliphatic carbocycles. The van der Waals surface area contributed by atoms with Gasteiger partial charge in [0.05, 0.1) is 15.6 Å². The summed E-state index contributed by atoms with van der Waals surface area (Å²) in [5.74, 6) is -0.351. The minimum atomic E-state index is -3.74. The number of carbonyl (C=O) groups excluding carboxylic acids is 1. The van der Waals surface area contributed by atoms with E-state index in [1.807, 2.05) is 19.9 Å². The van der Waals surface area contributed by atoms with Crippen LogP contribution in [-0.2, 0) is 14.8 Å². The quantitative estimate of drug-likeness (QED) is 0.829. The van der Waals surface area contributed by atoms with Crippen molar-refractivity contribution in [3.8, 4) is 0 Å². The summed E-state index contributed by atoms with van der Waals surface area (Å²) >= 11 is 6.20. The van der Waals surface area contributed by atoms with E-state index in [0.717, 1.165) is 24.0 Å². The molecule has 1 fully saturated rings. The van der Waals surface area contributed by atoms with Gasteiger partial charge in [-0.1, -0.05) is 41.8 Å². The minimum Gasteiger partial charge on any atom is -0.323 e. The SMILES string of the molecule is Cc1ccc(S(=O)(=O)N2CCCC[C@@H]2C(=O)Nc2ccc(C)cc2Cl)cc1. The molecule has 7 heteroatoms. The fraction of sp³-hybridized carbons (Fsp3) is 0.350. The number of halogens is 1. The third kappa shape index (κ3) is 4.34. The predicted molar refractivity (Wildman–Crippen MR) is 108 cm³/mol. The molecule has 1 aliphatic rings. The van der Waals surface area contributed by atoms with Gasteiger partial charge < -0.3 is 5.32 Å². The first kappa shape index (κ1) is 19.9. The summed E-state index contributed by atoms with van der Waals surface area (Å²) in [5, 5.41) is 3.23. The van der Waals surface area contributed by atoms with E-state index in [9.17, 15) is 13.2 Å². The summed E-state index contributed by atoms with van der Waals surface area (Å²) < 4.78 is 27.5. The van der Waals surface area contributed by atoms with Crippen LogP contribution < -0.4 is 5.32 Å². The van der Waals surface area contributed by atoms with Crippen molar-refractivity contribution in [1.82, 2.24) is 4.31 Å². The topological polar surface area (TPSA) is 66.5 Å². The molecule has 1 atom stereocenters. The average molecular weight is 407 g/mol. The Morgan fingerprint density at radius 3 is 2.41 bits per heavy atom. The number of hydrogen-bond acceptors (Lipinski definition) is 3. The van der Waals surface area contributed by atoms with Crippen LogP contribution in [0.1, 0.15) is 30.4 Å². The van der Waals surface area contributed by atoms with Gasteiger partial charge in [-0.3, -0.25) is 4.79 Å². The number of rotatable bonds is 4. The molecule has 0 radical (unpaired) electrons. The third-order valence-corrected chi connectivity index (χ3v) is 7.00. The van der Waals surface area contributed by atoms with Crippen LogP contribution in [-0.4, -0.2) is 31.2 Å². The Bertz CT molecular complexity index is 942. The molecule has 0 spiro atoms. The van der Waals surface area contributed by atoms with Crippen LogP contribution in [0.3, 0.4) is 0 Å². The molecule has 0 aromatic heterocycles. The van der Waals surface area contributed by atoms with Gasteiger partial charge in [-0.05, 0) is 56.5 Å². The number of sulfonamides is 1. The van der Waals surface area contributed by atoms with Crippen LogP contribution in [0.4, 0.5) is 5.69 Å². The van der Waals surface area contributed by atoms with Gasteiger partial charge in [0, 0.05) is 6.54 Å². The number of carbonyl (C=O) groups is 1. The maximum Gasteiger partial charge on any atom is 0.243 e. The Balaban J connectivity index is 1.86. The Hall–Kier alpha value is -1.89. The molecule has 0 unspecified atom stereocenters. The van der Waals surface area contributed by atoms with E-state index in [4.69, 9.17) is 11.6 Å². The number of nitrogens with zero attached hydrogens (tertiary/aromatic N) is 1. The zero-order valence-electron chi connectivity index (χ0n) is 15.4. The zero-order chi connectivity index (χ0) is 19.6. The number of anilines is 1. The second-order valence-corrected chi connectivity index (χ2v) is 9.21. The minimum absolute atomic E-state index is 0.209. The Kier molecular flexibility index (Phi) is 5.89. The van der Waals surface area contributed by atoms with Crippen molar-refractivity contribution in [3.63, 3.8) is 0 Å². The first-order valence-electron chi connectivity index (χ1n) is 8.94. The molecule has 3 rings (SSSR count). The van der Waals surface area contributed by atoms with Gasteiger partial charge in [-0.15, -0.1) is 0 Å². The number of hydrogen-bond donors (Lipinski definition) is 1. The number of benzene rings is 2. The second kappa shape index (κ2) is 8.00. The molecule has 1 amide bonds. The van der Waals surface area contributed by atoms with E-state index in [2.05, 4.69) is 5.32 Å². The number of aryl methyl sites for hydroxylation is 2. The van der Waals surface area contributed by atoms with E-state index < -0.39 is 16.1 Å². The summed E-state index contributed by atoms with van der Waals surface area (Å²) in [7, 11) is -3.74. The molecule has 1 aliphatic heterocycles. The van der Waals surface area contributed by atoms with Crippen molar-refractivity contribution in [2.45, 2.75) is 44.0 Å². The maximum atomic E-state index is 13.1. The van der Waals surface area contributed by atoms with Crippen molar-refractivity contribution in [2.75, 3.05) is 11.9 Å². The summed E-state index contributed by atoms with van der Waals surface area (Å²) in [6.45, 7) is 4.14. The van der Waals surface area contributed by atoms with E-state index >= 15 is 0 Å². The van der Waals surface area contributed by atoms with Crippen LogP contribution in [0.2, 0.25) is 5.02 Å². The van der Waals surface area contributed by atoms with Gasteiger partial charge in [-0.25, -0.2) is 8.42 Å². The van der Waals surface area contributed by atoms with Crippen LogP contribution >= 0.6 is 11.6 Å². The lowest BCUT2D eigenvalue weighted by Crippen LogP contribution is -2.49. The third-order valence-electron chi connectivity index (χ3n) is 4.77. The Morgan fingerprint density at radius 1 is 1.07 bits per heavy atom. The molecule has 2 aromatic rings. The Morgan fingerprint density at radius 2 is 1.74 bits per heavy atom. The largest absolute Gasteiger partial charge is 0.323 e. The average Bonchev–Trinajstić information content (AvgIpc) is 2.64. The molecule has 27 heavy (non-hydrogen) atoms. The van der Waals surface area contributed by atoms with E-state index in [1.165, 1.54) is 4.31 Å². The lowest BCUT2D eigenvalue weighted by atomic mass is 10.0. The molecule has 1 heterocycles. The lowest BCUT2D eigenvalue weighted by molar-refractivity contribution is -0.120. The molecule has 0 saturated carbocycles. The van der Waals surface area contributed by atoms with Gasteiger partial charge in [0.25, 0.3) is 0 Å². The highest BCUT2D eigenvalue weighted by atomic mass is 35.5. The first-order chi connectivity index (χ1) is 12.8. The predicted octanol–water partition coefficient (Wildman–Crippen LogP) is 4.14. The molecule has 1 N–H and O–H groups in total. The monoisotopic (exact) mass is 406 g/mol. The zero-order valence-corrected chi connectivity index (χ0v) is 17.0. The van der Waals surface area contributed by atoms with Gasteiger partial charge in [-0.2, -0.15) is 4.31 Å². The number of piperidine rings is 1. The van der Waals surface area contributed by atoms with Gasteiger partial charge in [0.1, 0.15) is 6.04 Å². The van der Waals surface area contributed by atoms with Crippen LogP contribution in [0.5, 0.6) is 0 Å². The van der Waals surface area contributed by atoms with Crippen molar-refractivity contribution in [2.24, 2.45) is 0 Å². The normalized spacial score (nSPS) is 18.3. The molecule has 1 saturated heterocycles. The van der Waals surface area contributed by atoms with E-state index in [1.54, 1.807) is 36.4 Å². The van der Waals surface area contributed by atoms with Crippen molar-refractivity contribution in [1.29, 1.82) is 0 Å². The fourth-order valence-corrected chi connectivity index (χ4v) is 5.18. The van der Waals surface area contributed by atoms with Crippen LogP contribution in [0, 0.1) is 13.8 Å². The highest BCUT2D eigenvalue weighted by Gasteiger charge is 2.37.